The quantitative estimate of drug-likeness (QED) is 0.0263. The van der Waals surface area contributed by atoms with Gasteiger partial charge in [0.15, 0.2) is 6.10 Å². The molecule has 1 atom stereocenters. The van der Waals surface area contributed by atoms with Crippen molar-refractivity contribution in [3.8, 4) is 0 Å². The lowest BCUT2D eigenvalue weighted by atomic mass is 10.1. The minimum Gasteiger partial charge on any atom is -0.462 e. The highest BCUT2D eigenvalue weighted by molar-refractivity contribution is 5.71. The van der Waals surface area contributed by atoms with Crippen molar-refractivity contribution in [2.75, 3.05) is 13.2 Å². The molecule has 0 heterocycles. The molecule has 1 unspecified atom stereocenters. The van der Waals surface area contributed by atoms with Gasteiger partial charge in [-0.15, -0.1) is 0 Å². The Bertz CT molecular complexity index is 1220. The molecule has 0 rings (SSSR count). The van der Waals surface area contributed by atoms with Gasteiger partial charge in [-0.2, -0.15) is 0 Å². The Morgan fingerprint density at radius 2 is 0.677 bits per heavy atom. The molecule has 0 radical (unpaired) electrons. The van der Waals surface area contributed by atoms with Crippen molar-refractivity contribution in [1.29, 1.82) is 0 Å². The van der Waals surface area contributed by atoms with Gasteiger partial charge in [0.2, 0.25) is 0 Å². The smallest absolute Gasteiger partial charge is 0.306 e. The molecule has 0 saturated carbocycles. The van der Waals surface area contributed by atoms with E-state index in [9.17, 15) is 14.4 Å². The zero-order valence-corrected chi connectivity index (χ0v) is 40.4. The average molecular weight is 863 g/mol. The van der Waals surface area contributed by atoms with Gasteiger partial charge in [0.25, 0.3) is 0 Å². The third-order valence-electron chi connectivity index (χ3n) is 10.6. The SMILES string of the molecule is CC/C=C\C/C=C\C/C=C\C/C=C\C/C=C\CCC(=O)OC(COC(=O)CCCCCCC/C=C\CCCC)COC(=O)CCCCCCCCC/C=C\CCCCCCCC. The lowest BCUT2D eigenvalue weighted by molar-refractivity contribution is -0.166. The summed E-state index contributed by atoms with van der Waals surface area (Å²) in [5.41, 5.74) is 0. The standard InChI is InChI=1S/C56H94O6/c1-4-7-10-13-16-19-22-24-26-28-30-31-34-37-40-43-46-49-55(58)61-52-53(51-60-54(57)48-45-42-39-36-33-21-18-15-12-9-6-3)62-56(59)50-47-44-41-38-35-32-29-27-25-23-20-17-14-11-8-5-2/h8,11,15,17-18,20,24-27,32,35,41,44,53H,4-7,9-10,12-14,16,19,21-23,28-31,33-34,36-40,42-43,45-52H2,1-3H3/b11-8-,18-15-,20-17-,26-24-,27-25-,35-32-,44-41-. The minimum atomic E-state index is -0.820. The van der Waals surface area contributed by atoms with Gasteiger partial charge in [-0.1, -0.05) is 202 Å². The van der Waals surface area contributed by atoms with E-state index in [1.807, 2.05) is 12.2 Å². The number of ether oxygens (including phenoxy) is 3. The first-order chi connectivity index (χ1) is 30.5. The van der Waals surface area contributed by atoms with E-state index < -0.39 is 12.1 Å². The zero-order valence-electron chi connectivity index (χ0n) is 40.4. The molecule has 0 spiro atoms. The number of hydrogen-bond donors (Lipinski definition) is 0. The third kappa shape index (κ3) is 47.6. The van der Waals surface area contributed by atoms with Gasteiger partial charge in [-0.3, -0.25) is 14.4 Å². The first-order valence-corrected chi connectivity index (χ1v) is 25.6. The second kappa shape index (κ2) is 50.2. The van der Waals surface area contributed by atoms with Crippen molar-refractivity contribution < 1.29 is 28.6 Å². The number of unbranched alkanes of at least 4 members (excludes halogenated alkanes) is 20. The maximum absolute atomic E-state index is 12.7. The summed E-state index contributed by atoms with van der Waals surface area (Å²) in [5, 5.41) is 0. The number of allylic oxidation sites excluding steroid dienone is 14. The zero-order chi connectivity index (χ0) is 45.1. The topological polar surface area (TPSA) is 78.9 Å². The molecule has 0 aromatic heterocycles. The number of carbonyl (C=O) groups excluding carboxylic acids is 3. The van der Waals surface area contributed by atoms with E-state index in [1.165, 1.54) is 103 Å². The maximum Gasteiger partial charge on any atom is 0.306 e. The van der Waals surface area contributed by atoms with E-state index in [-0.39, 0.29) is 31.6 Å². The molecular formula is C56H94O6. The normalized spacial score (nSPS) is 12.8. The van der Waals surface area contributed by atoms with Crippen LogP contribution in [-0.2, 0) is 28.6 Å². The summed E-state index contributed by atoms with van der Waals surface area (Å²) in [6.45, 7) is 6.40. The Hall–Kier alpha value is -3.41. The molecule has 0 amide bonds. The number of esters is 3. The predicted molar refractivity (Wildman–Crippen MR) is 265 cm³/mol. The fourth-order valence-electron chi connectivity index (χ4n) is 6.76. The molecule has 0 saturated heterocycles. The van der Waals surface area contributed by atoms with E-state index in [2.05, 4.69) is 93.7 Å². The van der Waals surface area contributed by atoms with Crippen LogP contribution in [0.1, 0.15) is 233 Å². The Labute approximate surface area is 382 Å². The molecule has 6 nitrogen and oxygen atoms in total. The molecular weight excluding hydrogens is 769 g/mol. The third-order valence-corrected chi connectivity index (χ3v) is 10.6. The molecule has 6 heteroatoms. The summed E-state index contributed by atoms with van der Waals surface area (Å²) >= 11 is 0. The highest BCUT2D eigenvalue weighted by Gasteiger charge is 2.19. The van der Waals surface area contributed by atoms with Gasteiger partial charge in [0.1, 0.15) is 13.2 Å². The lowest BCUT2D eigenvalue weighted by Gasteiger charge is -2.18. The van der Waals surface area contributed by atoms with Crippen LogP contribution in [0.25, 0.3) is 0 Å². The summed E-state index contributed by atoms with van der Waals surface area (Å²) in [5.74, 6) is -1.01. The highest BCUT2D eigenvalue weighted by Crippen LogP contribution is 2.13. The van der Waals surface area contributed by atoms with Crippen LogP contribution in [0.3, 0.4) is 0 Å². The molecule has 0 fully saturated rings. The Kier molecular flexibility index (Phi) is 47.5. The Balaban J connectivity index is 4.48. The predicted octanol–water partition coefficient (Wildman–Crippen LogP) is 16.8. The monoisotopic (exact) mass is 863 g/mol. The van der Waals surface area contributed by atoms with Crippen LogP contribution in [0.15, 0.2) is 85.1 Å². The van der Waals surface area contributed by atoms with Crippen LogP contribution < -0.4 is 0 Å². The van der Waals surface area contributed by atoms with Crippen molar-refractivity contribution in [3.63, 3.8) is 0 Å². The van der Waals surface area contributed by atoms with E-state index in [1.54, 1.807) is 0 Å². The molecule has 0 aliphatic heterocycles. The first-order valence-electron chi connectivity index (χ1n) is 25.6. The van der Waals surface area contributed by atoms with E-state index >= 15 is 0 Å². The molecule has 0 aliphatic carbocycles. The molecule has 0 aliphatic rings. The van der Waals surface area contributed by atoms with Crippen molar-refractivity contribution in [2.24, 2.45) is 0 Å². The Morgan fingerprint density at radius 3 is 1.10 bits per heavy atom. The summed E-state index contributed by atoms with van der Waals surface area (Å²) in [4.78, 5) is 37.9. The first kappa shape index (κ1) is 58.6. The second-order valence-electron chi connectivity index (χ2n) is 16.7. The molecule has 62 heavy (non-hydrogen) atoms. The lowest BCUT2D eigenvalue weighted by Crippen LogP contribution is -2.30. The van der Waals surface area contributed by atoms with Gasteiger partial charge in [-0.25, -0.2) is 0 Å². The second-order valence-corrected chi connectivity index (χ2v) is 16.7. The fourth-order valence-corrected chi connectivity index (χ4v) is 6.76. The summed E-state index contributed by atoms with van der Waals surface area (Å²) in [6, 6.07) is 0. The van der Waals surface area contributed by atoms with Crippen molar-refractivity contribution in [3.05, 3.63) is 85.1 Å². The molecule has 0 bridgehead atoms. The maximum atomic E-state index is 12.7. The highest BCUT2D eigenvalue weighted by atomic mass is 16.6. The molecule has 0 N–H and O–H groups in total. The molecule has 354 valence electrons. The summed E-state index contributed by atoms with van der Waals surface area (Å²) in [7, 11) is 0. The van der Waals surface area contributed by atoms with E-state index in [4.69, 9.17) is 14.2 Å². The van der Waals surface area contributed by atoms with Crippen molar-refractivity contribution in [1.82, 2.24) is 0 Å². The summed E-state index contributed by atoms with van der Waals surface area (Å²) in [6.07, 6.45) is 64.4. The van der Waals surface area contributed by atoms with Crippen LogP contribution in [0.2, 0.25) is 0 Å². The fraction of sp³-hybridized carbons (Fsp3) is 0.696. The van der Waals surface area contributed by atoms with Gasteiger partial charge in [-0.05, 0) is 96.3 Å². The van der Waals surface area contributed by atoms with Gasteiger partial charge < -0.3 is 14.2 Å². The van der Waals surface area contributed by atoms with Crippen molar-refractivity contribution >= 4 is 17.9 Å². The van der Waals surface area contributed by atoms with E-state index in [0.29, 0.717) is 19.3 Å². The van der Waals surface area contributed by atoms with Crippen LogP contribution in [0.5, 0.6) is 0 Å². The average Bonchev–Trinajstić information content (AvgIpc) is 3.27. The van der Waals surface area contributed by atoms with Crippen LogP contribution in [0.4, 0.5) is 0 Å². The number of rotatable bonds is 45. The van der Waals surface area contributed by atoms with Crippen LogP contribution in [-0.4, -0.2) is 37.2 Å². The van der Waals surface area contributed by atoms with Gasteiger partial charge in [0, 0.05) is 19.3 Å². The summed E-state index contributed by atoms with van der Waals surface area (Å²) < 4.78 is 16.7. The molecule has 0 aromatic carbocycles. The number of carbonyl (C=O) groups is 3. The van der Waals surface area contributed by atoms with E-state index in [0.717, 1.165) is 83.5 Å². The number of hydrogen-bond acceptors (Lipinski definition) is 6. The molecule has 0 aromatic rings. The van der Waals surface area contributed by atoms with Crippen LogP contribution >= 0.6 is 0 Å². The van der Waals surface area contributed by atoms with Crippen molar-refractivity contribution in [2.45, 2.75) is 239 Å². The Morgan fingerprint density at radius 1 is 0.339 bits per heavy atom. The minimum absolute atomic E-state index is 0.111. The van der Waals surface area contributed by atoms with Crippen LogP contribution in [0, 0.1) is 0 Å². The largest absolute Gasteiger partial charge is 0.462 e. The van der Waals surface area contributed by atoms with Gasteiger partial charge >= 0.3 is 17.9 Å². The van der Waals surface area contributed by atoms with Gasteiger partial charge in [0.05, 0.1) is 0 Å².